The van der Waals surface area contributed by atoms with Crippen LogP contribution in [0.2, 0.25) is 0 Å². The van der Waals surface area contributed by atoms with E-state index in [2.05, 4.69) is 72.8 Å². The van der Waals surface area contributed by atoms with E-state index in [1.165, 1.54) is 30.3 Å². The van der Waals surface area contributed by atoms with Gasteiger partial charge in [0.05, 0.1) is 0 Å². The zero-order valence-corrected chi connectivity index (χ0v) is 12.4. The van der Waals surface area contributed by atoms with Crippen LogP contribution < -0.4 is 0 Å². The Labute approximate surface area is 126 Å². The van der Waals surface area contributed by atoms with Crippen LogP contribution in [0.5, 0.6) is 0 Å². The predicted molar refractivity (Wildman–Crippen MR) is 90.6 cm³/mol. The van der Waals surface area contributed by atoms with Gasteiger partial charge in [0.25, 0.3) is 0 Å². The molecule has 96 valence electrons. The molecule has 0 saturated heterocycles. The molecule has 0 nitrogen and oxygen atoms in total. The zero-order valence-electron chi connectivity index (χ0n) is 10.7. The molecule has 4 rings (SSSR count). The number of hydrogen-bond donors (Lipinski definition) is 0. The predicted octanol–water partition coefficient (Wildman–Crippen LogP) is 6.30. The Balaban J connectivity index is 1.78. The summed E-state index contributed by atoms with van der Waals surface area (Å²) in [5.41, 5.74) is 2.62. The summed E-state index contributed by atoms with van der Waals surface area (Å²) in [6, 6.07) is 25.8. The van der Waals surface area contributed by atoms with Crippen molar-refractivity contribution in [1.82, 2.24) is 0 Å². The summed E-state index contributed by atoms with van der Waals surface area (Å²) in [6.45, 7) is 0. The van der Waals surface area contributed by atoms with Crippen LogP contribution in [0, 0.1) is 0 Å². The molecule has 0 spiro atoms. The van der Waals surface area contributed by atoms with Crippen LogP contribution >= 0.6 is 22.7 Å². The highest BCUT2D eigenvalue weighted by atomic mass is 32.1. The molecular weight excluding hydrogens is 280 g/mol. The van der Waals surface area contributed by atoms with Gasteiger partial charge in [-0.25, -0.2) is 0 Å². The molecule has 2 heteroatoms. The molecular formula is C18H12S2. The highest BCUT2D eigenvalue weighted by molar-refractivity contribution is 7.31. The van der Waals surface area contributed by atoms with Gasteiger partial charge >= 0.3 is 0 Å². The van der Waals surface area contributed by atoms with Crippen molar-refractivity contribution in [2.75, 3.05) is 0 Å². The number of benzene rings is 2. The fourth-order valence-electron chi connectivity index (χ4n) is 2.33. The first-order chi connectivity index (χ1) is 9.90. The largest absolute Gasteiger partial charge is 0.134 e. The maximum absolute atomic E-state index is 2.31. The number of thiophene rings is 2. The fraction of sp³-hybridized carbons (Fsp3) is 0. The van der Waals surface area contributed by atoms with Gasteiger partial charge in [-0.05, 0) is 23.3 Å². The highest BCUT2D eigenvalue weighted by Gasteiger charge is 2.09. The molecule has 2 heterocycles. The summed E-state index contributed by atoms with van der Waals surface area (Å²) in [7, 11) is 0. The van der Waals surface area contributed by atoms with Gasteiger partial charge in [0.15, 0.2) is 0 Å². The van der Waals surface area contributed by atoms with Gasteiger partial charge in [-0.1, -0.05) is 60.7 Å². The quantitative estimate of drug-likeness (QED) is 0.407. The van der Waals surface area contributed by atoms with E-state index < -0.39 is 0 Å². The second kappa shape index (κ2) is 4.89. The van der Waals surface area contributed by atoms with Crippen molar-refractivity contribution in [3.05, 3.63) is 72.8 Å². The first kappa shape index (κ1) is 11.9. The lowest BCUT2D eigenvalue weighted by atomic mass is 10.2. The van der Waals surface area contributed by atoms with Gasteiger partial charge in [-0.3, -0.25) is 0 Å². The number of fused-ring (bicyclic) bond motifs is 1. The summed E-state index contributed by atoms with van der Waals surface area (Å²) in [4.78, 5) is 2.71. The molecule has 0 bridgehead atoms. The van der Waals surface area contributed by atoms with Gasteiger partial charge in [-0.15, -0.1) is 22.7 Å². The summed E-state index contributed by atoms with van der Waals surface area (Å²) >= 11 is 3.75. The van der Waals surface area contributed by atoms with Gasteiger partial charge in [0.2, 0.25) is 0 Å². The maximum atomic E-state index is 2.31. The van der Waals surface area contributed by atoms with E-state index in [1.807, 2.05) is 22.7 Å². The topological polar surface area (TPSA) is 0 Å². The zero-order chi connectivity index (χ0) is 13.4. The van der Waals surface area contributed by atoms with Crippen molar-refractivity contribution < 1.29 is 0 Å². The molecule has 4 aromatic rings. The molecule has 0 N–H and O–H groups in total. The average molecular weight is 292 g/mol. The van der Waals surface area contributed by atoms with Crippen molar-refractivity contribution in [2.24, 2.45) is 0 Å². The second-order valence-corrected chi connectivity index (χ2v) is 6.85. The molecule has 0 unspecified atom stereocenters. The molecule has 0 aliphatic carbocycles. The fourth-order valence-corrected chi connectivity index (χ4v) is 4.73. The van der Waals surface area contributed by atoms with Crippen LogP contribution in [0.3, 0.4) is 0 Å². The molecule has 0 aliphatic heterocycles. The summed E-state index contributed by atoms with van der Waals surface area (Å²) in [6.07, 6.45) is 0. The number of rotatable bonds is 2. The summed E-state index contributed by atoms with van der Waals surface area (Å²) < 4.78 is 2.76. The van der Waals surface area contributed by atoms with Crippen LogP contribution in [0.25, 0.3) is 30.3 Å². The Kier molecular flexibility index (Phi) is 2.91. The van der Waals surface area contributed by atoms with Crippen LogP contribution in [-0.4, -0.2) is 0 Å². The molecule has 2 aromatic heterocycles. The van der Waals surface area contributed by atoms with Gasteiger partial charge in [-0.2, -0.15) is 0 Å². The third-order valence-electron chi connectivity index (χ3n) is 3.32. The van der Waals surface area contributed by atoms with E-state index in [0.29, 0.717) is 0 Å². The Morgan fingerprint density at radius 2 is 0.900 bits per heavy atom. The first-order valence-corrected chi connectivity index (χ1v) is 8.18. The molecule has 20 heavy (non-hydrogen) atoms. The van der Waals surface area contributed by atoms with Crippen LogP contribution in [0.4, 0.5) is 0 Å². The molecule has 0 amide bonds. The van der Waals surface area contributed by atoms with Crippen molar-refractivity contribution in [1.29, 1.82) is 0 Å². The minimum absolute atomic E-state index is 1.31. The minimum atomic E-state index is 1.31. The Morgan fingerprint density at radius 3 is 1.30 bits per heavy atom. The Bertz CT molecular complexity index is 738. The minimum Gasteiger partial charge on any atom is -0.134 e. The Morgan fingerprint density at radius 1 is 0.500 bits per heavy atom. The van der Waals surface area contributed by atoms with E-state index >= 15 is 0 Å². The lowest BCUT2D eigenvalue weighted by Crippen LogP contribution is -1.69. The smallest absolute Gasteiger partial charge is 0.0463 e. The highest BCUT2D eigenvalue weighted by Crippen LogP contribution is 2.41. The SMILES string of the molecule is c1ccc(-c2cc3sc(-c4ccccc4)cc3s2)cc1. The molecule has 0 atom stereocenters. The van der Waals surface area contributed by atoms with Crippen molar-refractivity contribution in [3.63, 3.8) is 0 Å². The van der Waals surface area contributed by atoms with Crippen LogP contribution in [0.15, 0.2) is 72.8 Å². The van der Waals surface area contributed by atoms with Gasteiger partial charge < -0.3 is 0 Å². The molecule has 0 radical (unpaired) electrons. The van der Waals surface area contributed by atoms with Crippen molar-refractivity contribution >= 4 is 32.1 Å². The second-order valence-electron chi connectivity index (χ2n) is 4.68. The number of hydrogen-bond acceptors (Lipinski definition) is 2. The van der Waals surface area contributed by atoms with Crippen molar-refractivity contribution in [3.8, 4) is 20.9 Å². The normalized spacial score (nSPS) is 11.0. The van der Waals surface area contributed by atoms with Crippen LogP contribution in [-0.2, 0) is 0 Å². The first-order valence-electron chi connectivity index (χ1n) is 6.54. The molecule has 0 fully saturated rings. The van der Waals surface area contributed by atoms with Crippen molar-refractivity contribution in [2.45, 2.75) is 0 Å². The summed E-state index contributed by atoms with van der Waals surface area (Å²) in [5, 5.41) is 0. The van der Waals surface area contributed by atoms with E-state index in [1.54, 1.807) is 0 Å². The van der Waals surface area contributed by atoms with Crippen LogP contribution in [0.1, 0.15) is 0 Å². The lowest BCUT2D eigenvalue weighted by molar-refractivity contribution is 1.70. The van der Waals surface area contributed by atoms with Gasteiger partial charge in [0.1, 0.15) is 0 Å². The van der Waals surface area contributed by atoms with Gasteiger partial charge in [0, 0.05) is 19.2 Å². The molecule has 0 aliphatic rings. The standard InChI is InChI=1S/C18H12S2/c1-3-7-13(8-4-1)15-11-17-18(19-15)12-16(20-17)14-9-5-2-6-10-14/h1-12H. The van der Waals surface area contributed by atoms with E-state index in [4.69, 9.17) is 0 Å². The Hall–Kier alpha value is -1.90. The van der Waals surface area contributed by atoms with E-state index in [-0.39, 0.29) is 0 Å². The maximum Gasteiger partial charge on any atom is 0.0463 e. The monoisotopic (exact) mass is 292 g/mol. The van der Waals surface area contributed by atoms with E-state index in [0.717, 1.165) is 0 Å². The third kappa shape index (κ3) is 2.07. The molecule has 0 saturated carbocycles. The third-order valence-corrected chi connectivity index (χ3v) is 5.72. The van der Waals surface area contributed by atoms with E-state index in [9.17, 15) is 0 Å². The average Bonchev–Trinajstić information content (AvgIpc) is 3.08. The lowest BCUT2D eigenvalue weighted by Gasteiger charge is -1.96. The summed E-state index contributed by atoms with van der Waals surface area (Å²) in [5.74, 6) is 0. The molecule has 2 aromatic carbocycles.